The lowest BCUT2D eigenvalue weighted by Gasteiger charge is -2.31. The summed E-state index contributed by atoms with van der Waals surface area (Å²) in [5, 5.41) is 0. The molecule has 1 amide bonds. The molecule has 0 spiro atoms. The molecule has 0 saturated carbocycles. The summed E-state index contributed by atoms with van der Waals surface area (Å²) in [6, 6.07) is -0.116. The number of carbonyl (C=O) groups is 1. The number of nitrogens with two attached hydrogens (primary N) is 1. The van der Waals surface area contributed by atoms with Crippen LogP contribution in [-0.2, 0) is 14.8 Å². The molecular weight excluding hydrogens is 338 g/mol. The highest BCUT2D eigenvalue weighted by molar-refractivity contribution is 7.89. The van der Waals surface area contributed by atoms with Crippen LogP contribution in [0.15, 0.2) is 4.90 Å². The number of piperidine rings is 1. The summed E-state index contributed by atoms with van der Waals surface area (Å²) in [5.74, 6) is -0.351. The number of nitrogens with one attached hydrogen (secondary N) is 1. The van der Waals surface area contributed by atoms with E-state index in [1.54, 1.807) is 0 Å². The molecule has 1 heterocycles. The van der Waals surface area contributed by atoms with Gasteiger partial charge in [0, 0.05) is 19.1 Å². The molecule has 7 heteroatoms. The lowest BCUT2D eigenvalue weighted by molar-refractivity contribution is -0.119. The van der Waals surface area contributed by atoms with Crippen molar-refractivity contribution in [3.05, 3.63) is 27.8 Å². The first-order valence-electron chi connectivity index (χ1n) is 8.64. The highest BCUT2D eigenvalue weighted by atomic mass is 32.2. The summed E-state index contributed by atoms with van der Waals surface area (Å²) >= 11 is 0. The fourth-order valence-electron chi connectivity index (χ4n) is 3.58. The Labute approximate surface area is 150 Å². The van der Waals surface area contributed by atoms with Gasteiger partial charge in [0.2, 0.25) is 15.9 Å². The zero-order chi connectivity index (χ0) is 18.9. The summed E-state index contributed by atoms with van der Waals surface area (Å²) in [4.78, 5) is 13.4. The van der Waals surface area contributed by atoms with Crippen LogP contribution in [0.4, 0.5) is 0 Å². The van der Waals surface area contributed by atoms with Crippen molar-refractivity contribution in [2.24, 2.45) is 5.73 Å². The molecule has 0 atom stereocenters. The van der Waals surface area contributed by atoms with Gasteiger partial charge in [0.15, 0.2) is 0 Å². The van der Waals surface area contributed by atoms with Gasteiger partial charge in [-0.25, -0.2) is 13.1 Å². The Hall–Kier alpha value is -1.44. The van der Waals surface area contributed by atoms with E-state index in [-0.39, 0.29) is 18.5 Å². The summed E-state index contributed by atoms with van der Waals surface area (Å²) in [7, 11) is -3.58. The number of nitrogens with zero attached hydrogens (tertiary/aromatic N) is 1. The van der Waals surface area contributed by atoms with Crippen molar-refractivity contribution in [3.63, 3.8) is 0 Å². The van der Waals surface area contributed by atoms with Crippen LogP contribution in [0.2, 0.25) is 0 Å². The molecule has 1 aromatic carbocycles. The van der Waals surface area contributed by atoms with E-state index in [9.17, 15) is 13.2 Å². The maximum atomic E-state index is 13.0. The van der Waals surface area contributed by atoms with Gasteiger partial charge in [0.25, 0.3) is 0 Å². The van der Waals surface area contributed by atoms with Crippen LogP contribution >= 0.6 is 0 Å². The van der Waals surface area contributed by atoms with Crippen LogP contribution in [0.5, 0.6) is 0 Å². The van der Waals surface area contributed by atoms with Crippen LogP contribution in [0.25, 0.3) is 0 Å². The number of sulfonamides is 1. The van der Waals surface area contributed by atoms with Crippen molar-refractivity contribution in [1.29, 1.82) is 0 Å². The van der Waals surface area contributed by atoms with E-state index >= 15 is 0 Å². The SMILES string of the molecule is Cc1c(C)c(C)c(S(=O)(=O)NC2CCN(CC(N)=O)CC2)c(C)c1C. The molecule has 2 rings (SSSR count). The molecule has 140 valence electrons. The van der Waals surface area contributed by atoms with E-state index in [1.165, 1.54) is 0 Å². The average Bonchev–Trinajstić information content (AvgIpc) is 2.52. The Morgan fingerprint density at radius 2 is 1.44 bits per heavy atom. The van der Waals surface area contributed by atoms with Gasteiger partial charge in [0.1, 0.15) is 0 Å². The van der Waals surface area contributed by atoms with Gasteiger partial charge in [-0.05, 0) is 75.3 Å². The smallest absolute Gasteiger partial charge is 0.241 e. The minimum Gasteiger partial charge on any atom is -0.369 e. The largest absolute Gasteiger partial charge is 0.369 e. The number of benzene rings is 1. The third-order valence-corrected chi connectivity index (χ3v) is 7.28. The molecule has 1 saturated heterocycles. The Morgan fingerprint density at radius 3 is 1.88 bits per heavy atom. The van der Waals surface area contributed by atoms with Crippen molar-refractivity contribution in [2.75, 3.05) is 19.6 Å². The molecule has 1 aliphatic rings. The van der Waals surface area contributed by atoms with Gasteiger partial charge < -0.3 is 5.73 Å². The number of likely N-dealkylation sites (tertiary alicyclic amines) is 1. The van der Waals surface area contributed by atoms with E-state index in [4.69, 9.17) is 5.73 Å². The fourth-order valence-corrected chi connectivity index (χ4v) is 5.48. The number of amides is 1. The van der Waals surface area contributed by atoms with E-state index in [0.29, 0.717) is 30.8 Å². The molecule has 1 aromatic rings. The van der Waals surface area contributed by atoms with Crippen LogP contribution < -0.4 is 10.5 Å². The van der Waals surface area contributed by atoms with Crippen molar-refractivity contribution >= 4 is 15.9 Å². The zero-order valence-electron chi connectivity index (χ0n) is 15.8. The maximum absolute atomic E-state index is 13.0. The normalized spacial score (nSPS) is 17.0. The molecular formula is C18H29N3O3S. The molecule has 0 aliphatic carbocycles. The number of hydrogen-bond donors (Lipinski definition) is 2. The topological polar surface area (TPSA) is 92.5 Å². The molecule has 1 fully saturated rings. The summed E-state index contributed by atoms with van der Waals surface area (Å²) in [6.07, 6.45) is 1.35. The predicted molar refractivity (Wildman–Crippen MR) is 99.1 cm³/mol. The summed E-state index contributed by atoms with van der Waals surface area (Å²) in [6.45, 7) is 11.3. The van der Waals surface area contributed by atoms with E-state index < -0.39 is 10.0 Å². The quantitative estimate of drug-likeness (QED) is 0.824. The van der Waals surface area contributed by atoms with E-state index in [1.807, 2.05) is 39.5 Å². The van der Waals surface area contributed by atoms with Gasteiger partial charge in [0.05, 0.1) is 11.4 Å². The first-order valence-corrected chi connectivity index (χ1v) is 10.1. The number of carbonyl (C=O) groups excluding carboxylic acids is 1. The highest BCUT2D eigenvalue weighted by Crippen LogP contribution is 2.30. The van der Waals surface area contributed by atoms with Crippen LogP contribution in [0.3, 0.4) is 0 Å². The number of primary amides is 1. The second-order valence-electron chi connectivity index (χ2n) is 7.09. The second kappa shape index (κ2) is 7.43. The molecule has 6 nitrogen and oxygen atoms in total. The summed E-state index contributed by atoms with van der Waals surface area (Å²) in [5.41, 5.74) is 10.1. The Morgan fingerprint density at radius 1 is 1.00 bits per heavy atom. The van der Waals surface area contributed by atoms with Gasteiger partial charge in [-0.3, -0.25) is 9.69 Å². The fraction of sp³-hybridized carbons (Fsp3) is 0.611. The zero-order valence-corrected chi connectivity index (χ0v) is 16.6. The monoisotopic (exact) mass is 367 g/mol. The van der Waals surface area contributed by atoms with Crippen LogP contribution in [0, 0.1) is 34.6 Å². The molecule has 1 aliphatic heterocycles. The standard InChI is InChI=1S/C18H29N3O3S/c1-11-12(2)14(4)18(15(5)13(11)3)25(23,24)20-16-6-8-21(9-7-16)10-17(19)22/h16,20H,6-10H2,1-5H3,(H2,19,22). The molecule has 0 aromatic heterocycles. The van der Waals surface area contributed by atoms with Crippen molar-refractivity contribution in [3.8, 4) is 0 Å². The number of rotatable bonds is 5. The Balaban J connectivity index is 2.20. The molecule has 0 bridgehead atoms. The predicted octanol–water partition coefficient (Wildman–Crippen LogP) is 1.46. The van der Waals surface area contributed by atoms with E-state index in [0.717, 1.165) is 27.8 Å². The maximum Gasteiger partial charge on any atom is 0.241 e. The van der Waals surface area contributed by atoms with Crippen molar-refractivity contribution in [2.45, 2.75) is 58.4 Å². The van der Waals surface area contributed by atoms with Crippen LogP contribution in [-0.4, -0.2) is 44.9 Å². The lowest BCUT2D eigenvalue weighted by Crippen LogP contribution is -2.46. The molecule has 3 N–H and O–H groups in total. The van der Waals surface area contributed by atoms with Gasteiger partial charge in [-0.1, -0.05) is 0 Å². The Bertz CT molecular complexity index is 750. The van der Waals surface area contributed by atoms with Gasteiger partial charge >= 0.3 is 0 Å². The lowest BCUT2D eigenvalue weighted by atomic mass is 9.95. The first-order chi connectivity index (χ1) is 11.5. The molecule has 0 unspecified atom stereocenters. The van der Waals surface area contributed by atoms with Crippen molar-refractivity contribution in [1.82, 2.24) is 9.62 Å². The van der Waals surface area contributed by atoms with Gasteiger partial charge in [-0.2, -0.15) is 0 Å². The minimum absolute atomic E-state index is 0.116. The highest BCUT2D eigenvalue weighted by Gasteiger charge is 2.28. The summed E-state index contributed by atoms with van der Waals surface area (Å²) < 4.78 is 28.9. The van der Waals surface area contributed by atoms with Crippen LogP contribution in [0.1, 0.15) is 40.7 Å². The van der Waals surface area contributed by atoms with Gasteiger partial charge in [-0.15, -0.1) is 0 Å². The number of hydrogen-bond acceptors (Lipinski definition) is 4. The van der Waals surface area contributed by atoms with E-state index in [2.05, 4.69) is 4.72 Å². The molecule has 25 heavy (non-hydrogen) atoms. The second-order valence-corrected chi connectivity index (χ2v) is 8.74. The average molecular weight is 368 g/mol. The van der Waals surface area contributed by atoms with Crippen molar-refractivity contribution < 1.29 is 13.2 Å². The third kappa shape index (κ3) is 4.22. The third-order valence-electron chi connectivity index (χ3n) is 5.49. The Kier molecular flexibility index (Phi) is 5.91. The molecule has 0 radical (unpaired) electrons. The minimum atomic E-state index is -3.58. The first kappa shape index (κ1) is 19.9.